The van der Waals surface area contributed by atoms with Crippen LogP contribution in [0.15, 0.2) is 18.3 Å². The summed E-state index contributed by atoms with van der Waals surface area (Å²) in [4.78, 5) is 4.61. The van der Waals surface area contributed by atoms with E-state index in [1.165, 1.54) is 36.9 Å². The Hall–Kier alpha value is -0.890. The first-order chi connectivity index (χ1) is 7.86. The van der Waals surface area contributed by atoms with Crippen LogP contribution in [0.2, 0.25) is 0 Å². The molecule has 0 radical (unpaired) electrons. The quantitative estimate of drug-likeness (QED) is 0.840. The molecule has 2 heteroatoms. The lowest BCUT2D eigenvalue weighted by Crippen LogP contribution is -2.36. The van der Waals surface area contributed by atoms with Crippen LogP contribution in [0.3, 0.4) is 0 Å². The Morgan fingerprint density at radius 2 is 2.38 bits per heavy atom. The maximum atomic E-state index is 4.61. The number of aromatic nitrogens is 1. The summed E-state index contributed by atoms with van der Waals surface area (Å²) >= 11 is 0. The average molecular weight is 218 g/mol. The molecule has 0 saturated carbocycles. The second-order valence-corrected chi connectivity index (χ2v) is 4.62. The molecule has 0 bridgehead atoms. The minimum absolute atomic E-state index is 0.596. The largest absolute Gasteiger partial charge is 0.314 e. The highest BCUT2D eigenvalue weighted by Crippen LogP contribution is 2.33. The number of pyridine rings is 1. The summed E-state index contributed by atoms with van der Waals surface area (Å²) in [7, 11) is 0. The SMILES string of the molecule is CCNC(CC)C1CCCc2cccnc21. The van der Waals surface area contributed by atoms with Crippen LogP contribution in [-0.4, -0.2) is 17.6 Å². The van der Waals surface area contributed by atoms with Gasteiger partial charge in [-0.25, -0.2) is 0 Å². The van der Waals surface area contributed by atoms with E-state index in [-0.39, 0.29) is 0 Å². The maximum absolute atomic E-state index is 4.61. The van der Waals surface area contributed by atoms with E-state index in [1.54, 1.807) is 0 Å². The molecular weight excluding hydrogens is 196 g/mol. The van der Waals surface area contributed by atoms with Crippen LogP contribution >= 0.6 is 0 Å². The van der Waals surface area contributed by atoms with Gasteiger partial charge in [-0.15, -0.1) is 0 Å². The third-order valence-corrected chi connectivity index (χ3v) is 3.63. The van der Waals surface area contributed by atoms with Crippen molar-refractivity contribution >= 4 is 0 Å². The minimum atomic E-state index is 0.596. The van der Waals surface area contributed by atoms with Crippen molar-refractivity contribution in [2.75, 3.05) is 6.54 Å². The van der Waals surface area contributed by atoms with E-state index in [0.29, 0.717) is 12.0 Å². The van der Waals surface area contributed by atoms with Crippen LogP contribution in [0, 0.1) is 0 Å². The number of fused-ring (bicyclic) bond motifs is 1. The Labute approximate surface area is 98.5 Å². The highest BCUT2D eigenvalue weighted by molar-refractivity contribution is 5.27. The van der Waals surface area contributed by atoms with Crippen LogP contribution in [0.4, 0.5) is 0 Å². The van der Waals surface area contributed by atoms with E-state index in [1.807, 2.05) is 6.20 Å². The Kier molecular flexibility index (Phi) is 3.94. The highest BCUT2D eigenvalue weighted by atomic mass is 14.9. The van der Waals surface area contributed by atoms with Crippen LogP contribution in [-0.2, 0) is 6.42 Å². The van der Waals surface area contributed by atoms with Crippen LogP contribution in [0.25, 0.3) is 0 Å². The molecular formula is C14H22N2. The fourth-order valence-corrected chi connectivity index (χ4v) is 2.87. The molecule has 2 atom stereocenters. The molecule has 1 aromatic heterocycles. The van der Waals surface area contributed by atoms with Gasteiger partial charge in [0.2, 0.25) is 0 Å². The van der Waals surface area contributed by atoms with Gasteiger partial charge in [-0.2, -0.15) is 0 Å². The van der Waals surface area contributed by atoms with Crippen molar-refractivity contribution in [1.82, 2.24) is 10.3 Å². The van der Waals surface area contributed by atoms with E-state index in [2.05, 4.69) is 36.3 Å². The molecule has 1 heterocycles. The summed E-state index contributed by atoms with van der Waals surface area (Å²) in [6, 6.07) is 4.90. The monoisotopic (exact) mass is 218 g/mol. The fraction of sp³-hybridized carbons (Fsp3) is 0.643. The molecule has 2 rings (SSSR count). The van der Waals surface area contributed by atoms with Gasteiger partial charge in [-0.3, -0.25) is 4.98 Å². The van der Waals surface area contributed by atoms with Crippen molar-refractivity contribution in [3.05, 3.63) is 29.6 Å². The molecule has 88 valence electrons. The van der Waals surface area contributed by atoms with E-state index >= 15 is 0 Å². The first kappa shape index (κ1) is 11.6. The molecule has 0 aliphatic heterocycles. The van der Waals surface area contributed by atoms with E-state index in [4.69, 9.17) is 0 Å². The summed E-state index contributed by atoms with van der Waals surface area (Å²) < 4.78 is 0. The number of likely N-dealkylation sites (N-methyl/N-ethyl adjacent to an activating group) is 1. The predicted octanol–water partition coefficient (Wildman–Crippen LogP) is 2.89. The smallest absolute Gasteiger partial charge is 0.0481 e. The summed E-state index contributed by atoms with van der Waals surface area (Å²) in [6.45, 7) is 5.51. The van der Waals surface area contributed by atoms with E-state index in [9.17, 15) is 0 Å². The van der Waals surface area contributed by atoms with Gasteiger partial charge in [0.15, 0.2) is 0 Å². The summed E-state index contributed by atoms with van der Waals surface area (Å²) in [5.74, 6) is 0.620. The van der Waals surface area contributed by atoms with Crippen molar-refractivity contribution in [3.63, 3.8) is 0 Å². The van der Waals surface area contributed by atoms with Gasteiger partial charge in [0.25, 0.3) is 0 Å². The highest BCUT2D eigenvalue weighted by Gasteiger charge is 2.27. The minimum Gasteiger partial charge on any atom is -0.314 e. The Morgan fingerprint density at radius 3 is 3.12 bits per heavy atom. The molecule has 16 heavy (non-hydrogen) atoms. The number of nitrogens with zero attached hydrogens (tertiary/aromatic N) is 1. The molecule has 1 N–H and O–H groups in total. The lowest BCUT2D eigenvalue weighted by Gasteiger charge is -2.31. The first-order valence-corrected chi connectivity index (χ1v) is 6.54. The molecule has 2 nitrogen and oxygen atoms in total. The van der Waals surface area contributed by atoms with Crippen molar-refractivity contribution in [1.29, 1.82) is 0 Å². The van der Waals surface area contributed by atoms with E-state index < -0.39 is 0 Å². The third-order valence-electron chi connectivity index (χ3n) is 3.63. The Bertz CT molecular complexity index is 335. The number of nitrogens with one attached hydrogen (secondary N) is 1. The summed E-state index contributed by atoms with van der Waals surface area (Å²) in [5, 5.41) is 3.60. The lowest BCUT2D eigenvalue weighted by atomic mass is 9.81. The number of rotatable bonds is 4. The third kappa shape index (κ3) is 2.27. The van der Waals surface area contributed by atoms with Gasteiger partial charge in [0.05, 0.1) is 0 Å². The lowest BCUT2D eigenvalue weighted by molar-refractivity contribution is 0.382. The zero-order valence-corrected chi connectivity index (χ0v) is 10.4. The van der Waals surface area contributed by atoms with Crippen molar-refractivity contribution < 1.29 is 0 Å². The standard InChI is InChI=1S/C14H22N2/c1-3-13(15-4-2)12-9-5-7-11-8-6-10-16-14(11)12/h6,8,10,12-13,15H,3-5,7,9H2,1-2H3. The number of hydrogen-bond donors (Lipinski definition) is 1. The number of hydrogen-bond acceptors (Lipinski definition) is 2. The Morgan fingerprint density at radius 1 is 1.50 bits per heavy atom. The molecule has 1 aliphatic carbocycles. The molecule has 1 aromatic rings. The van der Waals surface area contributed by atoms with E-state index in [0.717, 1.165) is 6.54 Å². The second kappa shape index (κ2) is 5.44. The molecule has 0 spiro atoms. The van der Waals surface area contributed by atoms with Crippen molar-refractivity contribution in [3.8, 4) is 0 Å². The normalized spacial score (nSPS) is 21.5. The molecule has 0 fully saturated rings. The Balaban J connectivity index is 2.23. The predicted molar refractivity (Wildman–Crippen MR) is 67.7 cm³/mol. The topological polar surface area (TPSA) is 24.9 Å². The molecule has 2 unspecified atom stereocenters. The molecule has 1 aliphatic rings. The van der Waals surface area contributed by atoms with Gasteiger partial charge in [-0.1, -0.05) is 19.9 Å². The molecule has 0 saturated heterocycles. The van der Waals surface area contributed by atoms with Crippen LogP contribution in [0.5, 0.6) is 0 Å². The first-order valence-electron chi connectivity index (χ1n) is 6.54. The zero-order chi connectivity index (χ0) is 11.4. The van der Waals surface area contributed by atoms with Gasteiger partial charge in [-0.05, 0) is 43.9 Å². The van der Waals surface area contributed by atoms with Crippen molar-refractivity contribution in [2.24, 2.45) is 0 Å². The van der Waals surface area contributed by atoms with Crippen molar-refractivity contribution in [2.45, 2.75) is 51.5 Å². The second-order valence-electron chi connectivity index (χ2n) is 4.62. The van der Waals surface area contributed by atoms with Gasteiger partial charge >= 0.3 is 0 Å². The summed E-state index contributed by atoms with van der Waals surface area (Å²) in [6.07, 6.45) is 6.94. The van der Waals surface area contributed by atoms with Gasteiger partial charge < -0.3 is 5.32 Å². The summed E-state index contributed by atoms with van der Waals surface area (Å²) in [5.41, 5.74) is 2.82. The maximum Gasteiger partial charge on any atom is 0.0481 e. The number of aryl methyl sites for hydroxylation is 1. The van der Waals surface area contributed by atoms with Crippen LogP contribution in [0.1, 0.15) is 50.3 Å². The molecule has 0 amide bonds. The molecule has 0 aromatic carbocycles. The van der Waals surface area contributed by atoms with Gasteiger partial charge in [0.1, 0.15) is 0 Å². The van der Waals surface area contributed by atoms with Gasteiger partial charge in [0, 0.05) is 23.9 Å². The van der Waals surface area contributed by atoms with Crippen LogP contribution < -0.4 is 5.32 Å². The average Bonchev–Trinajstić information content (AvgIpc) is 2.35. The fourth-order valence-electron chi connectivity index (χ4n) is 2.87. The zero-order valence-electron chi connectivity index (χ0n) is 10.4.